The van der Waals surface area contributed by atoms with Gasteiger partial charge in [0, 0.05) is 39.1 Å². The number of alkyl carbamates (subject to hydrolysis) is 1. The van der Waals surface area contributed by atoms with Crippen molar-refractivity contribution in [1.82, 2.24) is 19.7 Å². The van der Waals surface area contributed by atoms with E-state index in [4.69, 9.17) is 9.26 Å². The maximum absolute atomic E-state index is 12.8. The van der Waals surface area contributed by atoms with Gasteiger partial charge in [0.25, 0.3) is 0 Å². The number of sulfonamides is 1. The van der Waals surface area contributed by atoms with Crippen molar-refractivity contribution in [2.24, 2.45) is 0 Å². The second-order valence-corrected chi connectivity index (χ2v) is 9.49. The number of carbonyl (C=O) groups is 2. The van der Waals surface area contributed by atoms with Crippen LogP contribution in [0.2, 0.25) is 0 Å². The molecule has 10 nitrogen and oxygen atoms in total. The van der Waals surface area contributed by atoms with E-state index in [1.54, 1.807) is 39.5 Å². The van der Waals surface area contributed by atoms with Crippen LogP contribution in [0.4, 0.5) is 4.79 Å². The monoisotopic (exact) mass is 416 g/mol. The minimum atomic E-state index is -3.71. The summed E-state index contributed by atoms with van der Waals surface area (Å²) in [7, 11) is -3.71. The topological polar surface area (TPSA) is 122 Å². The standard InChI is InChI=1S/C17H28N4O6S/c1-12-15(13(2)27-19-12)28(24,25)21-10-8-20(9-11-21)14(22)6-7-18-16(23)26-17(3,4)5/h6-11H2,1-5H3,(H,18,23). The Hall–Kier alpha value is -2.14. The van der Waals surface area contributed by atoms with Gasteiger partial charge in [0.2, 0.25) is 15.9 Å². The Labute approximate surface area is 165 Å². The van der Waals surface area contributed by atoms with Gasteiger partial charge in [-0.3, -0.25) is 4.79 Å². The summed E-state index contributed by atoms with van der Waals surface area (Å²) in [5.74, 6) is 0.106. The molecule has 2 rings (SSSR count). The van der Waals surface area contributed by atoms with E-state index in [9.17, 15) is 18.0 Å². The van der Waals surface area contributed by atoms with Gasteiger partial charge in [0.15, 0.2) is 5.76 Å². The van der Waals surface area contributed by atoms with Crippen LogP contribution in [-0.2, 0) is 19.6 Å². The van der Waals surface area contributed by atoms with Crippen LogP contribution in [0.25, 0.3) is 0 Å². The molecular formula is C17H28N4O6S. The first kappa shape index (κ1) is 22.2. The average Bonchev–Trinajstić information content (AvgIpc) is 2.92. The van der Waals surface area contributed by atoms with Gasteiger partial charge in [-0.2, -0.15) is 4.31 Å². The third-order valence-electron chi connectivity index (χ3n) is 4.16. The molecule has 2 heterocycles. The van der Waals surface area contributed by atoms with Gasteiger partial charge in [0.05, 0.1) is 0 Å². The van der Waals surface area contributed by atoms with Gasteiger partial charge in [0.1, 0.15) is 16.2 Å². The van der Waals surface area contributed by atoms with Crippen molar-refractivity contribution in [1.29, 1.82) is 0 Å². The molecule has 1 aromatic rings. The molecule has 0 spiro atoms. The van der Waals surface area contributed by atoms with Gasteiger partial charge in [-0.15, -0.1) is 0 Å². The smallest absolute Gasteiger partial charge is 0.407 e. The molecule has 0 aliphatic carbocycles. The van der Waals surface area contributed by atoms with Crippen molar-refractivity contribution in [2.75, 3.05) is 32.7 Å². The lowest BCUT2D eigenvalue weighted by molar-refractivity contribution is -0.132. The fourth-order valence-corrected chi connectivity index (χ4v) is 4.61. The van der Waals surface area contributed by atoms with Crippen molar-refractivity contribution in [3.8, 4) is 0 Å². The Morgan fingerprint density at radius 2 is 1.79 bits per heavy atom. The molecule has 0 aromatic carbocycles. The number of rotatable bonds is 5. The first-order valence-corrected chi connectivity index (χ1v) is 10.5. The highest BCUT2D eigenvalue weighted by Crippen LogP contribution is 2.24. The minimum absolute atomic E-state index is 0.0915. The van der Waals surface area contributed by atoms with Crippen LogP contribution in [0.1, 0.15) is 38.6 Å². The van der Waals surface area contributed by atoms with Gasteiger partial charge in [-0.1, -0.05) is 5.16 Å². The quantitative estimate of drug-likeness (QED) is 0.761. The number of aromatic nitrogens is 1. The Morgan fingerprint density at radius 3 is 2.29 bits per heavy atom. The van der Waals surface area contributed by atoms with Crippen LogP contribution in [-0.4, -0.2) is 73.1 Å². The molecule has 1 aliphatic heterocycles. The summed E-state index contributed by atoms with van der Waals surface area (Å²) in [6.07, 6.45) is -0.453. The first-order chi connectivity index (χ1) is 12.9. The number of carbonyl (C=O) groups excluding carboxylic acids is 2. The van der Waals surface area contributed by atoms with Crippen molar-refractivity contribution in [3.63, 3.8) is 0 Å². The second kappa shape index (κ2) is 8.48. The molecule has 0 saturated carbocycles. The third-order valence-corrected chi connectivity index (χ3v) is 6.31. The Bertz CT molecular complexity index is 800. The summed E-state index contributed by atoms with van der Waals surface area (Å²) in [4.78, 5) is 25.6. The number of nitrogens with one attached hydrogen (secondary N) is 1. The number of piperazine rings is 1. The lowest BCUT2D eigenvalue weighted by atomic mass is 10.2. The predicted octanol–water partition coefficient (Wildman–Crippen LogP) is 1.04. The van der Waals surface area contributed by atoms with E-state index in [2.05, 4.69) is 10.5 Å². The summed E-state index contributed by atoms with van der Waals surface area (Å²) >= 11 is 0. The Morgan fingerprint density at radius 1 is 1.18 bits per heavy atom. The largest absolute Gasteiger partial charge is 0.444 e. The summed E-state index contributed by atoms with van der Waals surface area (Å²) in [5.41, 5.74) is -0.277. The van der Waals surface area contributed by atoms with Gasteiger partial charge in [-0.05, 0) is 34.6 Å². The van der Waals surface area contributed by atoms with E-state index in [0.29, 0.717) is 5.69 Å². The van der Waals surface area contributed by atoms with E-state index < -0.39 is 21.7 Å². The summed E-state index contributed by atoms with van der Waals surface area (Å²) < 4.78 is 37.0. The highest BCUT2D eigenvalue weighted by atomic mass is 32.2. The molecule has 28 heavy (non-hydrogen) atoms. The zero-order valence-corrected chi connectivity index (χ0v) is 17.8. The molecule has 2 amide bonds. The Balaban J connectivity index is 1.83. The van der Waals surface area contributed by atoms with Crippen molar-refractivity contribution < 1.29 is 27.3 Å². The summed E-state index contributed by atoms with van der Waals surface area (Å²) in [5, 5.41) is 6.24. The predicted molar refractivity (Wildman–Crippen MR) is 100 cm³/mol. The lowest BCUT2D eigenvalue weighted by Crippen LogP contribution is -2.51. The highest BCUT2D eigenvalue weighted by molar-refractivity contribution is 7.89. The SMILES string of the molecule is Cc1noc(C)c1S(=O)(=O)N1CCN(C(=O)CCNC(=O)OC(C)(C)C)CC1. The van der Waals surface area contributed by atoms with Crippen LogP contribution >= 0.6 is 0 Å². The van der Waals surface area contributed by atoms with Gasteiger partial charge >= 0.3 is 6.09 Å². The van der Waals surface area contributed by atoms with Crippen LogP contribution in [0.5, 0.6) is 0 Å². The zero-order chi connectivity index (χ0) is 21.1. The molecular weight excluding hydrogens is 388 g/mol. The second-order valence-electron chi connectivity index (χ2n) is 7.62. The van der Waals surface area contributed by atoms with Crippen molar-refractivity contribution in [2.45, 2.75) is 51.5 Å². The Kier molecular flexibility index (Phi) is 6.71. The van der Waals surface area contributed by atoms with Crippen molar-refractivity contribution >= 4 is 22.0 Å². The number of hydrogen-bond acceptors (Lipinski definition) is 7. The molecule has 1 aromatic heterocycles. The van der Waals surface area contributed by atoms with E-state index in [1.807, 2.05) is 0 Å². The van der Waals surface area contributed by atoms with Crippen LogP contribution < -0.4 is 5.32 Å². The molecule has 158 valence electrons. The fourth-order valence-electron chi connectivity index (χ4n) is 2.89. The van der Waals surface area contributed by atoms with Crippen LogP contribution in [0.15, 0.2) is 9.42 Å². The van der Waals surface area contributed by atoms with Gasteiger partial charge in [-0.25, -0.2) is 13.2 Å². The molecule has 11 heteroatoms. The number of amides is 2. The summed E-state index contributed by atoms with van der Waals surface area (Å²) in [6, 6.07) is 0. The summed E-state index contributed by atoms with van der Waals surface area (Å²) in [6.45, 7) is 9.53. The third kappa shape index (κ3) is 5.44. The zero-order valence-electron chi connectivity index (χ0n) is 16.9. The molecule has 0 radical (unpaired) electrons. The van der Waals surface area contributed by atoms with E-state index >= 15 is 0 Å². The molecule has 1 saturated heterocycles. The fraction of sp³-hybridized carbons (Fsp3) is 0.706. The molecule has 1 N–H and O–H groups in total. The lowest BCUT2D eigenvalue weighted by Gasteiger charge is -2.34. The number of ether oxygens (including phenoxy) is 1. The van der Waals surface area contributed by atoms with E-state index in [-0.39, 0.29) is 55.7 Å². The minimum Gasteiger partial charge on any atom is -0.444 e. The van der Waals surface area contributed by atoms with Crippen LogP contribution in [0.3, 0.4) is 0 Å². The van der Waals surface area contributed by atoms with E-state index in [0.717, 1.165) is 0 Å². The maximum atomic E-state index is 12.8. The first-order valence-electron chi connectivity index (χ1n) is 9.09. The normalized spacial score (nSPS) is 16.1. The molecule has 0 unspecified atom stereocenters. The van der Waals surface area contributed by atoms with Crippen LogP contribution in [0, 0.1) is 13.8 Å². The number of aryl methyl sites for hydroxylation is 2. The number of hydrogen-bond donors (Lipinski definition) is 1. The maximum Gasteiger partial charge on any atom is 0.407 e. The molecule has 0 atom stereocenters. The molecule has 1 fully saturated rings. The molecule has 1 aliphatic rings. The van der Waals surface area contributed by atoms with E-state index in [1.165, 1.54) is 4.31 Å². The highest BCUT2D eigenvalue weighted by Gasteiger charge is 2.34. The average molecular weight is 417 g/mol. The molecule has 0 bridgehead atoms. The van der Waals surface area contributed by atoms with Crippen molar-refractivity contribution in [3.05, 3.63) is 11.5 Å². The van der Waals surface area contributed by atoms with Gasteiger partial charge < -0.3 is 19.5 Å². The number of nitrogens with zero attached hydrogens (tertiary/aromatic N) is 3.